The van der Waals surface area contributed by atoms with Gasteiger partial charge in [-0.2, -0.15) is 0 Å². The average Bonchev–Trinajstić information content (AvgIpc) is 2.74. The van der Waals surface area contributed by atoms with Crippen LogP contribution in [0, 0.1) is 5.41 Å². The van der Waals surface area contributed by atoms with Gasteiger partial charge in [-0.25, -0.2) is 4.98 Å². The van der Waals surface area contributed by atoms with Gasteiger partial charge in [-0.05, 0) is 44.5 Å². The predicted octanol–water partition coefficient (Wildman–Crippen LogP) is 3.20. The highest BCUT2D eigenvalue weighted by molar-refractivity contribution is 5.97. The molecule has 1 amide bonds. The smallest absolute Gasteiger partial charge is 0.267 e. The van der Waals surface area contributed by atoms with Gasteiger partial charge in [-0.1, -0.05) is 36.4 Å². The highest BCUT2D eigenvalue weighted by atomic mass is 16.2. The van der Waals surface area contributed by atoms with Crippen molar-refractivity contribution in [1.29, 1.82) is 5.41 Å². The maximum absolute atomic E-state index is 13.1. The Morgan fingerprint density at radius 3 is 2.47 bits per heavy atom. The lowest BCUT2D eigenvalue weighted by Gasteiger charge is -2.19. The van der Waals surface area contributed by atoms with Crippen molar-refractivity contribution in [3.8, 4) is 0 Å². The van der Waals surface area contributed by atoms with Gasteiger partial charge in [0.1, 0.15) is 16.8 Å². The van der Waals surface area contributed by atoms with Gasteiger partial charge < -0.3 is 9.88 Å². The van der Waals surface area contributed by atoms with E-state index < -0.39 is 5.91 Å². The zero-order chi connectivity index (χ0) is 21.4. The number of benzene rings is 1. The molecule has 3 heterocycles. The van der Waals surface area contributed by atoms with Crippen molar-refractivity contribution in [2.75, 3.05) is 0 Å². The number of nitrogens with zero attached hydrogens (tertiary/aromatic N) is 3. The molecule has 0 saturated heterocycles. The molecule has 0 saturated carbocycles. The van der Waals surface area contributed by atoms with Crippen LogP contribution in [0.2, 0.25) is 0 Å². The molecule has 152 valence electrons. The first-order valence-electron chi connectivity index (χ1n) is 9.85. The Morgan fingerprint density at radius 1 is 1.07 bits per heavy atom. The zero-order valence-electron chi connectivity index (χ0n) is 17.1. The van der Waals surface area contributed by atoms with Gasteiger partial charge >= 0.3 is 0 Å². The molecule has 0 aliphatic rings. The summed E-state index contributed by atoms with van der Waals surface area (Å²) in [6, 6.07) is 16.0. The number of pyridine rings is 2. The van der Waals surface area contributed by atoms with Crippen LogP contribution >= 0.6 is 0 Å². The zero-order valence-corrected chi connectivity index (χ0v) is 17.1. The molecule has 0 bridgehead atoms. The molecular formula is C23H23N5O2. The lowest BCUT2D eigenvalue weighted by molar-refractivity contribution is 0.0937. The highest BCUT2D eigenvalue weighted by Crippen LogP contribution is 2.16. The standard InChI is InChI=1S/C23H23N5O2/c1-14(2)28-20(24)17(22(29)25-15(3)16-9-5-4-6-10-16)13-18-21(28)26-19-11-7-8-12-27(19)23(18)30/h4-15,24H,1-3H3,(H,25,29). The number of carbonyl (C=O) groups excluding carboxylic acids is 1. The minimum Gasteiger partial charge on any atom is -0.345 e. The average molecular weight is 401 g/mol. The molecule has 1 atom stereocenters. The second-order valence-electron chi connectivity index (χ2n) is 7.56. The van der Waals surface area contributed by atoms with Crippen molar-refractivity contribution in [2.24, 2.45) is 0 Å². The molecule has 0 fully saturated rings. The molecule has 7 heteroatoms. The van der Waals surface area contributed by atoms with Crippen molar-refractivity contribution >= 4 is 22.6 Å². The molecule has 1 aromatic carbocycles. The Morgan fingerprint density at radius 2 is 1.77 bits per heavy atom. The molecule has 1 unspecified atom stereocenters. The Labute approximate surface area is 173 Å². The van der Waals surface area contributed by atoms with E-state index in [1.165, 1.54) is 10.5 Å². The van der Waals surface area contributed by atoms with E-state index in [2.05, 4.69) is 10.3 Å². The van der Waals surface area contributed by atoms with Gasteiger partial charge in [0.2, 0.25) is 0 Å². The quantitative estimate of drug-likeness (QED) is 0.514. The first-order valence-corrected chi connectivity index (χ1v) is 9.85. The van der Waals surface area contributed by atoms with Gasteiger partial charge in [0.25, 0.3) is 11.5 Å². The Kier molecular flexibility index (Phi) is 4.95. The Balaban J connectivity index is 1.90. The molecule has 0 aliphatic carbocycles. The van der Waals surface area contributed by atoms with Crippen molar-refractivity contribution in [3.63, 3.8) is 0 Å². The topological polar surface area (TPSA) is 92.2 Å². The number of amides is 1. The predicted molar refractivity (Wildman–Crippen MR) is 116 cm³/mol. The summed E-state index contributed by atoms with van der Waals surface area (Å²) in [5.41, 5.74) is 1.77. The summed E-state index contributed by atoms with van der Waals surface area (Å²) in [6.45, 7) is 5.69. The lowest BCUT2D eigenvalue weighted by atomic mass is 10.1. The summed E-state index contributed by atoms with van der Waals surface area (Å²) in [7, 11) is 0. The van der Waals surface area contributed by atoms with E-state index in [1.807, 2.05) is 57.2 Å². The molecule has 4 rings (SSSR count). The van der Waals surface area contributed by atoms with Crippen LogP contribution in [0.25, 0.3) is 16.7 Å². The van der Waals surface area contributed by atoms with Crippen LogP contribution in [0.1, 0.15) is 48.8 Å². The molecule has 2 N–H and O–H groups in total. The lowest BCUT2D eigenvalue weighted by Crippen LogP contribution is -2.36. The summed E-state index contributed by atoms with van der Waals surface area (Å²) >= 11 is 0. The third-order valence-electron chi connectivity index (χ3n) is 5.17. The Bertz CT molecular complexity index is 1370. The van der Waals surface area contributed by atoms with Crippen LogP contribution in [0.4, 0.5) is 0 Å². The fourth-order valence-electron chi connectivity index (χ4n) is 3.62. The third kappa shape index (κ3) is 3.28. The second kappa shape index (κ2) is 7.59. The van der Waals surface area contributed by atoms with Crippen molar-refractivity contribution in [3.05, 3.63) is 87.8 Å². The van der Waals surface area contributed by atoms with Crippen LogP contribution in [-0.2, 0) is 0 Å². The van der Waals surface area contributed by atoms with E-state index in [4.69, 9.17) is 5.41 Å². The van der Waals surface area contributed by atoms with E-state index >= 15 is 0 Å². The Hall–Kier alpha value is -3.74. The number of fused-ring (bicyclic) bond motifs is 2. The van der Waals surface area contributed by atoms with E-state index in [-0.39, 0.29) is 28.7 Å². The molecule has 0 spiro atoms. The summed E-state index contributed by atoms with van der Waals surface area (Å²) in [5, 5.41) is 11.9. The number of rotatable bonds is 4. The van der Waals surface area contributed by atoms with E-state index in [0.29, 0.717) is 16.7 Å². The summed E-state index contributed by atoms with van der Waals surface area (Å²) in [4.78, 5) is 30.8. The van der Waals surface area contributed by atoms with Gasteiger partial charge in [0.05, 0.1) is 17.0 Å². The third-order valence-corrected chi connectivity index (χ3v) is 5.17. The SMILES string of the molecule is CC(NC(=O)c1cc2c(=O)n3ccccc3nc2n(C(C)C)c1=N)c1ccccc1. The van der Waals surface area contributed by atoms with Gasteiger partial charge in [-0.3, -0.25) is 19.4 Å². The van der Waals surface area contributed by atoms with E-state index in [9.17, 15) is 9.59 Å². The first-order chi connectivity index (χ1) is 14.4. The molecule has 3 aromatic heterocycles. The molecule has 7 nitrogen and oxygen atoms in total. The van der Waals surface area contributed by atoms with Crippen molar-refractivity contribution in [1.82, 2.24) is 19.3 Å². The summed E-state index contributed by atoms with van der Waals surface area (Å²) in [6.07, 6.45) is 1.65. The second-order valence-corrected chi connectivity index (χ2v) is 7.56. The molecule has 4 aromatic rings. The minimum absolute atomic E-state index is 0.0300. The first kappa shape index (κ1) is 19.6. The fraction of sp³-hybridized carbons (Fsp3) is 0.217. The molecule has 0 radical (unpaired) electrons. The maximum Gasteiger partial charge on any atom is 0.267 e. The van der Waals surface area contributed by atoms with Gasteiger partial charge in [0.15, 0.2) is 0 Å². The van der Waals surface area contributed by atoms with Crippen molar-refractivity contribution < 1.29 is 4.79 Å². The minimum atomic E-state index is -0.398. The number of carbonyl (C=O) groups is 1. The summed E-state index contributed by atoms with van der Waals surface area (Å²) in [5.74, 6) is -0.398. The monoisotopic (exact) mass is 401 g/mol. The van der Waals surface area contributed by atoms with Gasteiger partial charge in [-0.15, -0.1) is 0 Å². The molecular weight excluding hydrogens is 378 g/mol. The normalized spacial score (nSPS) is 12.4. The van der Waals surface area contributed by atoms with Crippen LogP contribution in [-0.4, -0.2) is 19.9 Å². The molecule has 30 heavy (non-hydrogen) atoms. The van der Waals surface area contributed by atoms with Gasteiger partial charge in [0, 0.05) is 12.2 Å². The van der Waals surface area contributed by atoms with Crippen LogP contribution in [0.3, 0.4) is 0 Å². The number of nitrogens with one attached hydrogen (secondary N) is 2. The highest BCUT2D eigenvalue weighted by Gasteiger charge is 2.20. The molecule has 0 aliphatic heterocycles. The number of hydrogen-bond acceptors (Lipinski definition) is 4. The van der Waals surface area contributed by atoms with Crippen molar-refractivity contribution in [2.45, 2.75) is 32.9 Å². The number of hydrogen-bond donors (Lipinski definition) is 2. The van der Waals surface area contributed by atoms with Crippen LogP contribution in [0.15, 0.2) is 65.6 Å². The van der Waals surface area contributed by atoms with E-state index in [0.717, 1.165) is 5.56 Å². The largest absolute Gasteiger partial charge is 0.345 e. The number of aromatic nitrogens is 3. The summed E-state index contributed by atoms with van der Waals surface area (Å²) < 4.78 is 3.08. The fourth-order valence-corrected chi connectivity index (χ4v) is 3.62. The van der Waals surface area contributed by atoms with Crippen LogP contribution < -0.4 is 16.4 Å². The maximum atomic E-state index is 13.1. The van der Waals surface area contributed by atoms with E-state index in [1.54, 1.807) is 22.9 Å². The van der Waals surface area contributed by atoms with Crippen LogP contribution in [0.5, 0.6) is 0 Å².